The minimum atomic E-state index is 0.433. The van der Waals surface area contributed by atoms with Crippen molar-refractivity contribution >= 4 is 5.57 Å². The van der Waals surface area contributed by atoms with Crippen LogP contribution in [0.25, 0.3) is 17.2 Å². The molecule has 0 atom stereocenters. The largest absolute Gasteiger partial charge is 0.459 e. The summed E-state index contributed by atoms with van der Waals surface area (Å²) in [6.45, 7) is 2.54. The van der Waals surface area contributed by atoms with Crippen LogP contribution in [0.1, 0.15) is 17.9 Å². The van der Waals surface area contributed by atoms with Gasteiger partial charge in [0.2, 0.25) is 5.89 Å². The third-order valence-electron chi connectivity index (χ3n) is 4.00. The Morgan fingerprint density at radius 2 is 1.96 bits per heavy atom. The van der Waals surface area contributed by atoms with Gasteiger partial charge >= 0.3 is 0 Å². The maximum absolute atomic E-state index is 5.66. The van der Waals surface area contributed by atoms with E-state index in [2.05, 4.69) is 45.4 Å². The van der Waals surface area contributed by atoms with E-state index in [4.69, 9.17) is 8.83 Å². The van der Waals surface area contributed by atoms with Gasteiger partial charge in [0.15, 0.2) is 5.76 Å². The topological polar surface area (TPSA) is 55.3 Å². The van der Waals surface area contributed by atoms with Crippen LogP contribution in [0.4, 0.5) is 0 Å². The van der Waals surface area contributed by atoms with Crippen molar-refractivity contribution in [2.45, 2.75) is 13.0 Å². The molecule has 0 saturated carbocycles. The van der Waals surface area contributed by atoms with E-state index < -0.39 is 0 Å². The van der Waals surface area contributed by atoms with Crippen molar-refractivity contribution in [3.05, 3.63) is 66.3 Å². The average molecular weight is 307 g/mol. The molecule has 5 heteroatoms. The Morgan fingerprint density at radius 3 is 2.70 bits per heavy atom. The zero-order valence-corrected chi connectivity index (χ0v) is 12.7. The highest BCUT2D eigenvalue weighted by molar-refractivity contribution is 5.66. The second-order valence-electron chi connectivity index (χ2n) is 5.56. The molecule has 0 unspecified atom stereocenters. The van der Waals surface area contributed by atoms with E-state index in [9.17, 15) is 0 Å². The Morgan fingerprint density at radius 1 is 1.04 bits per heavy atom. The summed E-state index contributed by atoms with van der Waals surface area (Å²) in [6.07, 6.45) is 4.91. The average Bonchev–Trinajstić information content (AvgIpc) is 3.28. The molecule has 1 aliphatic heterocycles. The van der Waals surface area contributed by atoms with Crippen LogP contribution in [0, 0.1) is 0 Å². The van der Waals surface area contributed by atoms with Gasteiger partial charge in [-0.15, -0.1) is 10.2 Å². The van der Waals surface area contributed by atoms with Gasteiger partial charge in [0, 0.05) is 13.1 Å². The predicted octanol–water partition coefficient (Wildman–Crippen LogP) is 3.62. The number of rotatable bonds is 4. The van der Waals surface area contributed by atoms with Crippen LogP contribution in [0.3, 0.4) is 0 Å². The van der Waals surface area contributed by atoms with Gasteiger partial charge < -0.3 is 8.83 Å². The first-order chi connectivity index (χ1) is 11.4. The van der Waals surface area contributed by atoms with Crippen molar-refractivity contribution in [1.29, 1.82) is 0 Å². The van der Waals surface area contributed by atoms with Crippen LogP contribution >= 0.6 is 0 Å². The summed E-state index contributed by atoms with van der Waals surface area (Å²) in [4.78, 5) is 2.30. The summed E-state index contributed by atoms with van der Waals surface area (Å²) in [5.74, 6) is 1.66. The molecule has 1 aromatic carbocycles. The fraction of sp³-hybridized carbons (Fsp3) is 0.222. The molecule has 5 nitrogen and oxygen atoms in total. The number of hydrogen-bond acceptors (Lipinski definition) is 5. The van der Waals surface area contributed by atoms with Gasteiger partial charge in [0.05, 0.1) is 12.8 Å². The van der Waals surface area contributed by atoms with Gasteiger partial charge in [-0.25, -0.2) is 0 Å². The predicted molar refractivity (Wildman–Crippen MR) is 86.3 cm³/mol. The van der Waals surface area contributed by atoms with Crippen molar-refractivity contribution in [1.82, 2.24) is 15.1 Å². The first-order valence-corrected chi connectivity index (χ1v) is 7.71. The summed E-state index contributed by atoms with van der Waals surface area (Å²) in [7, 11) is 0. The van der Waals surface area contributed by atoms with Crippen molar-refractivity contribution < 1.29 is 8.83 Å². The van der Waals surface area contributed by atoms with Gasteiger partial charge in [-0.3, -0.25) is 4.90 Å². The molecule has 4 rings (SSSR count). The molecule has 0 saturated heterocycles. The molecule has 0 N–H and O–H groups in total. The molecule has 0 radical (unpaired) electrons. The summed E-state index contributed by atoms with van der Waals surface area (Å²) in [5, 5.41) is 8.14. The number of hydrogen-bond donors (Lipinski definition) is 0. The van der Waals surface area contributed by atoms with Crippen molar-refractivity contribution in [2.24, 2.45) is 0 Å². The van der Waals surface area contributed by atoms with Crippen LogP contribution < -0.4 is 0 Å². The molecule has 0 spiro atoms. The molecule has 0 aliphatic carbocycles. The lowest BCUT2D eigenvalue weighted by molar-refractivity contribution is 0.262. The van der Waals surface area contributed by atoms with E-state index in [0.29, 0.717) is 24.1 Å². The van der Waals surface area contributed by atoms with Crippen LogP contribution in [0.15, 0.2) is 63.6 Å². The first kappa shape index (κ1) is 14.0. The van der Waals surface area contributed by atoms with E-state index in [1.54, 1.807) is 12.3 Å². The Balaban J connectivity index is 1.41. The highest BCUT2D eigenvalue weighted by atomic mass is 16.4. The zero-order chi connectivity index (χ0) is 15.5. The van der Waals surface area contributed by atoms with E-state index in [-0.39, 0.29) is 0 Å². The Bertz CT molecular complexity index is 791. The lowest BCUT2D eigenvalue weighted by atomic mass is 10.00. The van der Waals surface area contributed by atoms with Crippen LogP contribution in [0.2, 0.25) is 0 Å². The van der Waals surface area contributed by atoms with E-state index in [0.717, 1.165) is 19.5 Å². The third-order valence-corrected chi connectivity index (χ3v) is 4.00. The molecule has 3 heterocycles. The summed E-state index contributed by atoms with van der Waals surface area (Å²) >= 11 is 0. The van der Waals surface area contributed by atoms with Crippen LogP contribution in [-0.4, -0.2) is 28.2 Å². The molecular formula is C18H17N3O2. The van der Waals surface area contributed by atoms with E-state index in [1.165, 1.54) is 11.1 Å². The van der Waals surface area contributed by atoms with Crippen LogP contribution in [-0.2, 0) is 6.54 Å². The Labute approximate surface area is 134 Å². The lowest BCUT2D eigenvalue weighted by Crippen LogP contribution is -2.28. The van der Waals surface area contributed by atoms with Crippen molar-refractivity contribution in [3.63, 3.8) is 0 Å². The van der Waals surface area contributed by atoms with Gasteiger partial charge in [0.25, 0.3) is 5.89 Å². The van der Waals surface area contributed by atoms with Crippen molar-refractivity contribution in [2.75, 3.05) is 13.1 Å². The standard InChI is InChI=1S/C18H17N3O2/c1-2-5-14(6-3-1)15-8-10-21(11-9-15)13-17-19-20-18(23-17)16-7-4-12-22-16/h1-8,12H,9-11,13H2. The fourth-order valence-electron chi connectivity index (χ4n) is 2.78. The smallest absolute Gasteiger partial charge is 0.283 e. The summed E-state index contributed by atoms with van der Waals surface area (Å²) in [5.41, 5.74) is 2.72. The molecule has 0 bridgehead atoms. The molecule has 3 aromatic rings. The van der Waals surface area contributed by atoms with Gasteiger partial charge in [-0.05, 0) is 29.7 Å². The normalized spacial score (nSPS) is 15.6. The number of furan rings is 1. The monoisotopic (exact) mass is 307 g/mol. The summed E-state index contributed by atoms with van der Waals surface area (Å²) in [6, 6.07) is 14.1. The Kier molecular flexibility index (Phi) is 3.78. The number of nitrogens with zero attached hydrogens (tertiary/aromatic N) is 3. The minimum Gasteiger partial charge on any atom is -0.459 e. The highest BCUT2D eigenvalue weighted by Gasteiger charge is 2.17. The quantitative estimate of drug-likeness (QED) is 0.737. The lowest BCUT2D eigenvalue weighted by Gasteiger charge is -2.25. The van der Waals surface area contributed by atoms with Gasteiger partial charge in [-0.2, -0.15) is 0 Å². The second-order valence-corrected chi connectivity index (χ2v) is 5.56. The summed E-state index contributed by atoms with van der Waals surface area (Å²) < 4.78 is 10.9. The minimum absolute atomic E-state index is 0.433. The fourth-order valence-corrected chi connectivity index (χ4v) is 2.78. The van der Waals surface area contributed by atoms with Crippen molar-refractivity contribution in [3.8, 4) is 11.7 Å². The number of aromatic nitrogens is 2. The molecule has 23 heavy (non-hydrogen) atoms. The molecular weight excluding hydrogens is 290 g/mol. The molecule has 116 valence electrons. The second kappa shape index (κ2) is 6.22. The van der Waals surface area contributed by atoms with Crippen LogP contribution in [0.5, 0.6) is 0 Å². The first-order valence-electron chi connectivity index (χ1n) is 7.71. The molecule has 2 aromatic heterocycles. The number of benzene rings is 1. The van der Waals surface area contributed by atoms with Gasteiger partial charge in [-0.1, -0.05) is 36.4 Å². The maximum atomic E-state index is 5.66. The maximum Gasteiger partial charge on any atom is 0.283 e. The van der Waals surface area contributed by atoms with E-state index >= 15 is 0 Å². The highest BCUT2D eigenvalue weighted by Crippen LogP contribution is 2.23. The Hall–Kier alpha value is -2.66. The molecule has 0 fully saturated rings. The third kappa shape index (κ3) is 3.10. The van der Waals surface area contributed by atoms with Gasteiger partial charge in [0.1, 0.15) is 0 Å². The zero-order valence-electron chi connectivity index (χ0n) is 12.7. The molecule has 0 amide bonds. The van der Waals surface area contributed by atoms with E-state index in [1.807, 2.05) is 12.1 Å². The molecule has 1 aliphatic rings. The SMILES string of the molecule is C1=C(c2ccccc2)CCN(Cc2nnc(-c3ccco3)o2)C1.